The summed E-state index contributed by atoms with van der Waals surface area (Å²) in [5.74, 6) is -0.267. The van der Waals surface area contributed by atoms with Gasteiger partial charge in [0.25, 0.3) is 5.91 Å². The predicted octanol–water partition coefficient (Wildman–Crippen LogP) is 3.01. The zero-order valence-corrected chi connectivity index (χ0v) is 16.5. The van der Waals surface area contributed by atoms with Crippen molar-refractivity contribution in [2.24, 2.45) is 0 Å². The Hall–Kier alpha value is -2.74. The number of anilines is 2. The minimum Gasteiger partial charge on any atom is -0.482 e. The molecule has 0 aliphatic carbocycles. The van der Waals surface area contributed by atoms with Gasteiger partial charge in [0.1, 0.15) is 18.0 Å². The molecule has 3 rings (SSSR count). The lowest BCUT2D eigenvalue weighted by Crippen LogP contribution is -2.43. The van der Waals surface area contributed by atoms with Crippen LogP contribution in [0.2, 0.25) is 0 Å². The Balaban J connectivity index is 1.80. The van der Waals surface area contributed by atoms with Crippen molar-refractivity contribution in [1.29, 1.82) is 0 Å². The lowest BCUT2D eigenvalue weighted by Gasteiger charge is -2.30. The number of thiazole rings is 1. The van der Waals surface area contributed by atoms with Gasteiger partial charge < -0.3 is 10.1 Å². The van der Waals surface area contributed by atoms with Crippen LogP contribution < -0.4 is 15.0 Å². The molecule has 0 unspecified atom stereocenters. The topological polar surface area (TPSA) is 88.6 Å². The summed E-state index contributed by atoms with van der Waals surface area (Å²) < 4.78 is 5.49. The van der Waals surface area contributed by atoms with Crippen LogP contribution >= 0.6 is 11.3 Å². The van der Waals surface area contributed by atoms with Crippen LogP contribution in [0.5, 0.6) is 5.75 Å². The number of ketones is 1. The van der Waals surface area contributed by atoms with Crippen LogP contribution in [0.15, 0.2) is 23.6 Å². The normalized spacial score (nSPS) is 13.8. The average Bonchev–Trinajstić information content (AvgIpc) is 3.05. The third-order valence-electron chi connectivity index (χ3n) is 4.18. The van der Waals surface area contributed by atoms with Crippen molar-refractivity contribution < 1.29 is 19.1 Å². The zero-order valence-electron chi connectivity index (χ0n) is 15.7. The van der Waals surface area contributed by atoms with E-state index in [9.17, 15) is 14.4 Å². The highest BCUT2D eigenvalue weighted by Gasteiger charge is 2.29. The molecule has 0 saturated heterocycles. The molecular weight excluding hydrogens is 366 g/mol. The maximum absolute atomic E-state index is 12.4. The zero-order chi connectivity index (χ0) is 19.8. The Morgan fingerprint density at radius 3 is 2.70 bits per heavy atom. The molecule has 1 N–H and O–H groups in total. The molecule has 1 aromatic heterocycles. The van der Waals surface area contributed by atoms with E-state index in [1.54, 1.807) is 5.38 Å². The predicted molar refractivity (Wildman–Crippen MR) is 104 cm³/mol. The van der Waals surface area contributed by atoms with Gasteiger partial charge in [-0.2, -0.15) is 0 Å². The first-order valence-corrected chi connectivity index (χ1v) is 9.37. The van der Waals surface area contributed by atoms with Crippen LogP contribution in [0.1, 0.15) is 43.7 Å². The minimum absolute atomic E-state index is 0.104. The van der Waals surface area contributed by atoms with Gasteiger partial charge in [-0.25, -0.2) is 4.98 Å². The summed E-state index contributed by atoms with van der Waals surface area (Å²) in [6.07, 6.45) is 0. The SMILES string of the molecule is CC(=O)c1csc(NC(=O)CN2C(=O)COc3ccc(C(C)(C)C)cc32)n1. The number of nitrogens with one attached hydrogen (secondary N) is 1. The molecule has 1 aliphatic heterocycles. The molecule has 1 aliphatic rings. The van der Waals surface area contributed by atoms with Gasteiger partial charge in [0.05, 0.1) is 5.69 Å². The second-order valence-corrected chi connectivity index (χ2v) is 8.20. The second-order valence-electron chi connectivity index (χ2n) is 7.34. The molecule has 8 heteroatoms. The molecule has 27 heavy (non-hydrogen) atoms. The fourth-order valence-corrected chi connectivity index (χ4v) is 3.40. The quantitative estimate of drug-likeness (QED) is 0.815. The van der Waals surface area contributed by atoms with E-state index in [4.69, 9.17) is 4.74 Å². The highest BCUT2D eigenvalue weighted by molar-refractivity contribution is 7.14. The lowest BCUT2D eigenvalue weighted by molar-refractivity contribution is -0.123. The standard InChI is InChI=1S/C19H21N3O4S/c1-11(23)13-10-27-18(20-13)21-16(24)8-22-14-7-12(19(2,3)4)5-6-15(14)26-9-17(22)25/h5-7,10H,8-9H2,1-4H3,(H,20,21,24). The summed E-state index contributed by atoms with van der Waals surface area (Å²) >= 11 is 1.17. The molecule has 7 nitrogen and oxygen atoms in total. The van der Waals surface area contributed by atoms with Crippen molar-refractivity contribution in [3.63, 3.8) is 0 Å². The number of nitrogens with zero attached hydrogens (tertiary/aromatic N) is 2. The number of rotatable bonds is 4. The lowest BCUT2D eigenvalue weighted by atomic mass is 9.86. The number of benzene rings is 1. The van der Waals surface area contributed by atoms with E-state index < -0.39 is 0 Å². The number of amides is 2. The van der Waals surface area contributed by atoms with Gasteiger partial charge in [-0.3, -0.25) is 19.3 Å². The number of Topliss-reactive ketones (excluding diaryl/α,β-unsaturated/α-hetero) is 1. The van der Waals surface area contributed by atoms with Crippen molar-refractivity contribution in [1.82, 2.24) is 4.98 Å². The molecule has 1 aromatic carbocycles. The third kappa shape index (κ3) is 4.16. The number of fused-ring (bicyclic) bond motifs is 1. The van der Waals surface area contributed by atoms with Gasteiger partial charge in [0.15, 0.2) is 17.5 Å². The third-order valence-corrected chi connectivity index (χ3v) is 4.94. The Labute approximate surface area is 161 Å². The molecule has 0 fully saturated rings. The largest absolute Gasteiger partial charge is 0.482 e. The molecule has 2 amide bonds. The van der Waals surface area contributed by atoms with Gasteiger partial charge in [0, 0.05) is 12.3 Å². The molecule has 0 saturated carbocycles. The fraction of sp³-hybridized carbons (Fsp3) is 0.368. The molecular formula is C19H21N3O4S. The molecule has 2 aromatic rings. The molecule has 0 bridgehead atoms. The van der Waals surface area contributed by atoms with Gasteiger partial charge in [-0.1, -0.05) is 26.8 Å². The fourth-order valence-electron chi connectivity index (χ4n) is 2.64. The van der Waals surface area contributed by atoms with Crippen LogP contribution in [0.25, 0.3) is 0 Å². The van der Waals surface area contributed by atoms with Gasteiger partial charge >= 0.3 is 0 Å². The number of ether oxygens (including phenoxy) is 1. The van der Waals surface area contributed by atoms with E-state index in [0.717, 1.165) is 5.56 Å². The Morgan fingerprint density at radius 2 is 2.07 bits per heavy atom. The number of carbonyl (C=O) groups excluding carboxylic acids is 3. The molecule has 0 spiro atoms. The van der Waals surface area contributed by atoms with Gasteiger partial charge in [-0.05, 0) is 23.1 Å². The monoisotopic (exact) mass is 387 g/mol. The van der Waals surface area contributed by atoms with Crippen molar-refractivity contribution in [2.45, 2.75) is 33.1 Å². The minimum atomic E-state index is -0.387. The van der Waals surface area contributed by atoms with E-state index in [0.29, 0.717) is 22.3 Å². The summed E-state index contributed by atoms with van der Waals surface area (Å²) in [6.45, 7) is 7.38. The first-order chi connectivity index (χ1) is 12.6. The first kappa shape index (κ1) is 19.0. The summed E-state index contributed by atoms with van der Waals surface area (Å²) in [6, 6.07) is 5.68. The van der Waals surface area contributed by atoms with Crippen LogP contribution in [0, 0.1) is 0 Å². The van der Waals surface area contributed by atoms with E-state index in [1.165, 1.54) is 23.2 Å². The Bertz CT molecular complexity index is 914. The average molecular weight is 387 g/mol. The van der Waals surface area contributed by atoms with Crippen molar-refractivity contribution in [3.05, 3.63) is 34.8 Å². The number of hydrogen-bond acceptors (Lipinski definition) is 6. The van der Waals surface area contributed by atoms with Crippen molar-refractivity contribution in [2.75, 3.05) is 23.4 Å². The van der Waals surface area contributed by atoms with E-state index in [1.807, 2.05) is 18.2 Å². The number of hydrogen-bond donors (Lipinski definition) is 1. The van der Waals surface area contributed by atoms with Gasteiger partial charge in [-0.15, -0.1) is 11.3 Å². The highest BCUT2D eigenvalue weighted by atomic mass is 32.1. The van der Waals surface area contributed by atoms with Crippen molar-refractivity contribution >= 4 is 39.8 Å². The summed E-state index contributed by atoms with van der Waals surface area (Å²) in [5, 5.41) is 4.56. The van der Waals surface area contributed by atoms with E-state index in [-0.39, 0.29) is 36.2 Å². The second kappa shape index (κ2) is 7.11. The molecule has 0 atom stereocenters. The molecule has 2 heterocycles. The van der Waals surface area contributed by atoms with Gasteiger partial charge in [0.2, 0.25) is 5.91 Å². The Kier molecular flexibility index (Phi) is 5.01. The number of carbonyl (C=O) groups is 3. The van der Waals surface area contributed by atoms with E-state index in [2.05, 4.69) is 31.1 Å². The summed E-state index contributed by atoms with van der Waals surface area (Å²) in [7, 11) is 0. The van der Waals surface area contributed by atoms with Crippen LogP contribution in [0.3, 0.4) is 0 Å². The van der Waals surface area contributed by atoms with E-state index >= 15 is 0 Å². The van der Waals surface area contributed by atoms with Crippen LogP contribution in [0.4, 0.5) is 10.8 Å². The van der Waals surface area contributed by atoms with Crippen molar-refractivity contribution in [3.8, 4) is 5.75 Å². The molecule has 142 valence electrons. The summed E-state index contributed by atoms with van der Waals surface area (Å²) in [5.41, 5.74) is 1.82. The molecule has 0 radical (unpaired) electrons. The smallest absolute Gasteiger partial charge is 0.265 e. The maximum Gasteiger partial charge on any atom is 0.265 e. The number of aromatic nitrogens is 1. The Morgan fingerprint density at radius 1 is 1.33 bits per heavy atom. The highest BCUT2D eigenvalue weighted by Crippen LogP contribution is 2.36. The van der Waals surface area contributed by atoms with Crippen LogP contribution in [-0.2, 0) is 15.0 Å². The summed E-state index contributed by atoms with van der Waals surface area (Å²) in [4.78, 5) is 41.6. The van der Waals surface area contributed by atoms with Crippen LogP contribution in [-0.4, -0.2) is 35.7 Å². The first-order valence-electron chi connectivity index (χ1n) is 8.49. The maximum atomic E-state index is 12.4.